The first kappa shape index (κ1) is 17.6. The van der Waals surface area contributed by atoms with E-state index in [1.807, 2.05) is 54.2 Å². The summed E-state index contributed by atoms with van der Waals surface area (Å²) in [7, 11) is 0. The lowest BCUT2D eigenvalue weighted by atomic mass is 10.3. The minimum Gasteiger partial charge on any atom is -0.486 e. The standard InChI is InChI=1S/C20H20BrN3OS/c21-15-7-6-8-16(13-15)24-19(14-25-17-9-2-1-3-10-17)22-23-20(24)26-18-11-4-5-12-18/h1-3,6-10,13,18H,4-5,11-12,14H2. The first-order valence-corrected chi connectivity index (χ1v) is 10.5. The van der Waals surface area contributed by atoms with Crippen molar-refractivity contribution in [2.75, 3.05) is 0 Å². The summed E-state index contributed by atoms with van der Waals surface area (Å²) in [5.74, 6) is 1.65. The zero-order valence-electron chi connectivity index (χ0n) is 14.3. The van der Waals surface area contributed by atoms with Gasteiger partial charge in [-0.05, 0) is 43.2 Å². The Morgan fingerprint density at radius 2 is 1.85 bits per heavy atom. The van der Waals surface area contributed by atoms with Crippen LogP contribution < -0.4 is 4.74 Å². The number of benzene rings is 2. The molecule has 1 heterocycles. The Morgan fingerprint density at radius 3 is 2.62 bits per heavy atom. The van der Waals surface area contributed by atoms with E-state index in [0.29, 0.717) is 11.9 Å². The van der Waals surface area contributed by atoms with Gasteiger partial charge in [-0.1, -0.05) is 64.8 Å². The first-order chi connectivity index (χ1) is 12.8. The average Bonchev–Trinajstić information content (AvgIpc) is 3.31. The van der Waals surface area contributed by atoms with Crippen LogP contribution in [0.1, 0.15) is 31.5 Å². The van der Waals surface area contributed by atoms with Crippen molar-refractivity contribution in [3.05, 3.63) is 64.9 Å². The van der Waals surface area contributed by atoms with Crippen LogP contribution in [0.5, 0.6) is 5.75 Å². The maximum atomic E-state index is 5.92. The number of nitrogens with zero attached hydrogens (tertiary/aromatic N) is 3. The molecule has 1 fully saturated rings. The van der Waals surface area contributed by atoms with E-state index >= 15 is 0 Å². The summed E-state index contributed by atoms with van der Waals surface area (Å²) in [6.45, 7) is 0.384. The van der Waals surface area contributed by atoms with Gasteiger partial charge in [0.15, 0.2) is 11.0 Å². The number of para-hydroxylation sites is 1. The van der Waals surface area contributed by atoms with Gasteiger partial charge in [-0.3, -0.25) is 4.57 Å². The van der Waals surface area contributed by atoms with Crippen molar-refractivity contribution in [2.45, 2.75) is 42.7 Å². The van der Waals surface area contributed by atoms with Gasteiger partial charge >= 0.3 is 0 Å². The summed E-state index contributed by atoms with van der Waals surface area (Å²) in [6.07, 6.45) is 5.14. The lowest BCUT2D eigenvalue weighted by Crippen LogP contribution is -2.07. The fourth-order valence-corrected chi connectivity index (χ4v) is 4.82. The minimum absolute atomic E-state index is 0.384. The zero-order valence-corrected chi connectivity index (χ0v) is 16.7. The molecule has 4 rings (SSSR count). The van der Waals surface area contributed by atoms with Crippen LogP contribution in [0.3, 0.4) is 0 Å². The Bertz CT molecular complexity index is 863. The molecule has 0 unspecified atom stereocenters. The van der Waals surface area contributed by atoms with E-state index in [9.17, 15) is 0 Å². The second kappa shape index (κ2) is 8.27. The van der Waals surface area contributed by atoms with Crippen LogP contribution in [0.25, 0.3) is 5.69 Å². The van der Waals surface area contributed by atoms with Gasteiger partial charge < -0.3 is 4.74 Å². The number of thioether (sulfide) groups is 1. The van der Waals surface area contributed by atoms with Crippen molar-refractivity contribution in [3.63, 3.8) is 0 Å². The highest BCUT2D eigenvalue weighted by molar-refractivity contribution is 9.10. The van der Waals surface area contributed by atoms with Gasteiger partial charge in [0.2, 0.25) is 0 Å². The summed E-state index contributed by atoms with van der Waals surface area (Å²) < 4.78 is 9.08. The minimum atomic E-state index is 0.384. The van der Waals surface area contributed by atoms with Crippen molar-refractivity contribution in [3.8, 4) is 11.4 Å². The molecule has 4 nitrogen and oxygen atoms in total. The highest BCUT2D eigenvalue weighted by Gasteiger charge is 2.22. The molecule has 3 aromatic rings. The molecule has 0 spiro atoms. The maximum Gasteiger partial charge on any atom is 0.196 e. The molecule has 0 aliphatic heterocycles. The molecule has 1 aromatic heterocycles. The van der Waals surface area contributed by atoms with Crippen LogP contribution in [0.15, 0.2) is 64.2 Å². The van der Waals surface area contributed by atoms with Crippen molar-refractivity contribution >= 4 is 27.7 Å². The Kier molecular flexibility index (Phi) is 5.60. The van der Waals surface area contributed by atoms with Gasteiger partial charge in [-0.15, -0.1) is 10.2 Å². The molecule has 0 amide bonds. The van der Waals surface area contributed by atoms with E-state index < -0.39 is 0 Å². The third kappa shape index (κ3) is 4.13. The van der Waals surface area contributed by atoms with Crippen LogP contribution in [0.2, 0.25) is 0 Å². The molecular formula is C20H20BrN3OS. The molecule has 1 aliphatic carbocycles. The van der Waals surface area contributed by atoms with Crippen LogP contribution >= 0.6 is 27.7 Å². The molecule has 0 saturated heterocycles. The number of hydrogen-bond donors (Lipinski definition) is 0. The lowest BCUT2D eigenvalue weighted by molar-refractivity contribution is 0.293. The monoisotopic (exact) mass is 429 g/mol. The second-order valence-electron chi connectivity index (χ2n) is 6.34. The molecule has 134 valence electrons. The number of rotatable bonds is 6. The Labute approximate surface area is 166 Å². The van der Waals surface area contributed by atoms with Gasteiger partial charge in [0.1, 0.15) is 12.4 Å². The van der Waals surface area contributed by atoms with Crippen LogP contribution in [-0.4, -0.2) is 20.0 Å². The van der Waals surface area contributed by atoms with E-state index in [1.165, 1.54) is 25.7 Å². The van der Waals surface area contributed by atoms with Crippen LogP contribution in [0.4, 0.5) is 0 Å². The van der Waals surface area contributed by atoms with Crippen LogP contribution in [0, 0.1) is 0 Å². The van der Waals surface area contributed by atoms with Crippen molar-refractivity contribution in [2.24, 2.45) is 0 Å². The van der Waals surface area contributed by atoms with Gasteiger partial charge in [0.25, 0.3) is 0 Å². The molecule has 1 aliphatic rings. The highest BCUT2D eigenvalue weighted by atomic mass is 79.9. The molecule has 0 bridgehead atoms. The molecule has 1 saturated carbocycles. The number of halogens is 1. The predicted molar refractivity (Wildman–Crippen MR) is 108 cm³/mol. The molecule has 0 atom stereocenters. The fraction of sp³-hybridized carbons (Fsp3) is 0.300. The third-order valence-corrected chi connectivity index (χ3v) is 6.23. The van der Waals surface area contributed by atoms with E-state index in [1.54, 1.807) is 0 Å². The zero-order chi connectivity index (χ0) is 17.8. The first-order valence-electron chi connectivity index (χ1n) is 8.84. The molecule has 0 radical (unpaired) electrons. The number of aromatic nitrogens is 3. The Balaban J connectivity index is 1.63. The lowest BCUT2D eigenvalue weighted by Gasteiger charge is -2.13. The Hall–Kier alpha value is -1.79. The third-order valence-electron chi connectivity index (χ3n) is 4.45. The number of hydrogen-bond acceptors (Lipinski definition) is 4. The summed E-state index contributed by atoms with van der Waals surface area (Å²) in [4.78, 5) is 0. The quantitative estimate of drug-likeness (QED) is 0.507. The van der Waals surface area contributed by atoms with Gasteiger partial charge in [-0.25, -0.2) is 0 Å². The average molecular weight is 430 g/mol. The van der Waals surface area contributed by atoms with Crippen molar-refractivity contribution < 1.29 is 4.74 Å². The SMILES string of the molecule is Brc1cccc(-n2c(COc3ccccc3)nnc2SC2CCCC2)c1. The maximum absolute atomic E-state index is 5.92. The van der Waals surface area contributed by atoms with Crippen LogP contribution in [-0.2, 0) is 6.61 Å². The van der Waals surface area contributed by atoms with E-state index in [4.69, 9.17) is 4.74 Å². The van der Waals surface area contributed by atoms with E-state index in [0.717, 1.165) is 26.9 Å². The van der Waals surface area contributed by atoms with Gasteiger partial charge in [-0.2, -0.15) is 0 Å². The largest absolute Gasteiger partial charge is 0.486 e. The summed E-state index contributed by atoms with van der Waals surface area (Å²) in [6, 6.07) is 18.1. The van der Waals surface area contributed by atoms with Gasteiger partial charge in [0.05, 0.1) is 5.69 Å². The predicted octanol–water partition coefficient (Wildman–Crippen LogP) is 5.64. The highest BCUT2D eigenvalue weighted by Crippen LogP contribution is 2.35. The van der Waals surface area contributed by atoms with Crippen molar-refractivity contribution in [1.29, 1.82) is 0 Å². The molecular weight excluding hydrogens is 410 g/mol. The summed E-state index contributed by atoms with van der Waals surface area (Å²) in [5.41, 5.74) is 1.05. The summed E-state index contributed by atoms with van der Waals surface area (Å²) in [5, 5.41) is 10.5. The smallest absolute Gasteiger partial charge is 0.196 e. The van der Waals surface area contributed by atoms with Gasteiger partial charge in [0, 0.05) is 9.72 Å². The van der Waals surface area contributed by atoms with Crippen molar-refractivity contribution in [1.82, 2.24) is 14.8 Å². The van der Waals surface area contributed by atoms with E-state index in [2.05, 4.69) is 42.8 Å². The number of ether oxygens (including phenoxy) is 1. The molecule has 6 heteroatoms. The topological polar surface area (TPSA) is 39.9 Å². The fourth-order valence-electron chi connectivity index (χ4n) is 3.16. The van der Waals surface area contributed by atoms with E-state index in [-0.39, 0.29) is 0 Å². The Morgan fingerprint density at radius 1 is 1.04 bits per heavy atom. The molecule has 0 N–H and O–H groups in total. The molecule has 2 aromatic carbocycles. The second-order valence-corrected chi connectivity index (χ2v) is 8.52. The normalized spacial score (nSPS) is 14.7. The molecule has 26 heavy (non-hydrogen) atoms. The summed E-state index contributed by atoms with van der Waals surface area (Å²) >= 11 is 5.41.